The van der Waals surface area contributed by atoms with Gasteiger partial charge in [-0.3, -0.25) is 0 Å². The van der Waals surface area contributed by atoms with Gasteiger partial charge in [0, 0.05) is 10.6 Å². The minimum Gasteiger partial charge on any atom is -0.438 e. The van der Waals surface area contributed by atoms with Crippen LogP contribution in [0, 0.1) is 6.92 Å². The molecule has 0 amide bonds. The first kappa shape index (κ1) is 13.8. The number of thiocarbonyl (C=S) groups is 1. The highest BCUT2D eigenvalue weighted by Crippen LogP contribution is 2.25. The Kier molecular flexibility index (Phi) is 4.39. The Balaban J connectivity index is 2.31. The Bertz CT molecular complexity index is 597. The summed E-state index contributed by atoms with van der Waals surface area (Å²) < 4.78 is 5.76. The van der Waals surface area contributed by atoms with Gasteiger partial charge in [0.15, 0.2) is 0 Å². The third-order valence-electron chi connectivity index (χ3n) is 2.54. The zero-order valence-electron chi connectivity index (χ0n) is 10.7. The van der Waals surface area contributed by atoms with E-state index < -0.39 is 0 Å². The van der Waals surface area contributed by atoms with E-state index in [9.17, 15) is 0 Å². The van der Waals surface area contributed by atoms with Crippen LogP contribution in [0.25, 0.3) is 0 Å². The van der Waals surface area contributed by atoms with Crippen molar-refractivity contribution in [3.05, 3.63) is 47.7 Å². The molecule has 0 saturated heterocycles. The van der Waals surface area contributed by atoms with Gasteiger partial charge in [0.05, 0.1) is 5.56 Å². The SMILES string of the molecule is CSc1ccc(Oc2nc(C)ccc2C(N)=S)cc1. The van der Waals surface area contributed by atoms with Crippen LogP contribution < -0.4 is 10.5 Å². The average molecular weight is 290 g/mol. The van der Waals surface area contributed by atoms with Crippen LogP contribution in [0.2, 0.25) is 0 Å². The van der Waals surface area contributed by atoms with Crippen LogP contribution in [0.15, 0.2) is 41.3 Å². The average Bonchev–Trinajstić information content (AvgIpc) is 2.39. The number of rotatable bonds is 4. The molecule has 5 heteroatoms. The molecule has 0 radical (unpaired) electrons. The van der Waals surface area contributed by atoms with Crippen LogP contribution in [0.1, 0.15) is 11.3 Å². The maximum atomic E-state index is 5.76. The van der Waals surface area contributed by atoms with Crippen molar-refractivity contribution in [1.29, 1.82) is 0 Å². The van der Waals surface area contributed by atoms with Crippen LogP contribution in [-0.2, 0) is 0 Å². The van der Waals surface area contributed by atoms with Crippen LogP contribution >= 0.6 is 24.0 Å². The molecule has 0 bridgehead atoms. The first-order chi connectivity index (χ1) is 9.10. The van der Waals surface area contributed by atoms with Gasteiger partial charge in [-0.1, -0.05) is 12.2 Å². The van der Waals surface area contributed by atoms with Gasteiger partial charge in [0.2, 0.25) is 5.88 Å². The van der Waals surface area contributed by atoms with Gasteiger partial charge < -0.3 is 10.5 Å². The number of nitrogens with zero attached hydrogens (tertiary/aromatic N) is 1. The number of ether oxygens (including phenoxy) is 1. The van der Waals surface area contributed by atoms with Gasteiger partial charge in [0.25, 0.3) is 0 Å². The fourth-order valence-corrected chi connectivity index (χ4v) is 2.12. The van der Waals surface area contributed by atoms with Crippen molar-refractivity contribution in [3.63, 3.8) is 0 Å². The van der Waals surface area contributed by atoms with Gasteiger partial charge in [-0.25, -0.2) is 4.98 Å². The molecule has 0 unspecified atom stereocenters. The van der Waals surface area contributed by atoms with Crippen LogP contribution in [0.5, 0.6) is 11.6 Å². The van der Waals surface area contributed by atoms with Crippen molar-refractivity contribution in [1.82, 2.24) is 4.98 Å². The molecule has 2 aromatic rings. The van der Waals surface area contributed by atoms with E-state index in [4.69, 9.17) is 22.7 Å². The van der Waals surface area contributed by atoms with Crippen LogP contribution in [0.3, 0.4) is 0 Å². The Morgan fingerprint density at radius 1 is 1.21 bits per heavy atom. The first-order valence-electron chi connectivity index (χ1n) is 5.69. The molecule has 19 heavy (non-hydrogen) atoms. The normalized spacial score (nSPS) is 10.2. The summed E-state index contributed by atoms with van der Waals surface area (Å²) in [5.74, 6) is 1.16. The van der Waals surface area contributed by atoms with E-state index in [2.05, 4.69) is 4.98 Å². The summed E-state index contributed by atoms with van der Waals surface area (Å²) in [4.78, 5) is 5.80. The highest BCUT2D eigenvalue weighted by atomic mass is 32.2. The van der Waals surface area contributed by atoms with Gasteiger partial charge >= 0.3 is 0 Å². The summed E-state index contributed by atoms with van der Waals surface area (Å²) in [7, 11) is 0. The lowest BCUT2D eigenvalue weighted by Gasteiger charge is -2.10. The lowest BCUT2D eigenvalue weighted by Crippen LogP contribution is -2.11. The van der Waals surface area contributed by atoms with Crippen LogP contribution in [0.4, 0.5) is 0 Å². The summed E-state index contributed by atoms with van der Waals surface area (Å²) in [6, 6.07) is 11.5. The Morgan fingerprint density at radius 2 is 1.89 bits per heavy atom. The van der Waals surface area contributed by atoms with E-state index in [1.165, 1.54) is 4.90 Å². The quantitative estimate of drug-likeness (QED) is 0.689. The molecule has 1 aromatic carbocycles. The van der Waals surface area contributed by atoms with Crippen LogP contribution in [-0.4, -0.2) is 16.2 Å². The standard InChI is InChI=1S/C14H14N2OS2/c1-9-3-8-12(13(15)18)14(16-9)17-10-4-6-11(19-2)7-5-10/h3-8H,1-2H3,(H2,15,18). The molecule has 0 aliphatic carbocycles. The first-order valence-corrected chi connectivity index (χ1v) is 7.33. The van der Waals surface area contributed by atoms with Gasteiger partial charge in [-0.15, -0.1) is 11.8 Å². The zero-order chi connectivity index (χ0) is 13.8. The molecule has 0 atom stereocenters. The molecule has 0 spiro atoms. The minimum atomic E-state index is 0.281. The third kappa shape index (κ3) is 3.45. The Morgan fingerprint density at radius 3 is 2.47 bits per heavy atom. The summed E-state index contributed by atoms with van der Waals surface area (Å²) in [5.41, 5.74) is 7.18. The van der Waals surface area contributed by atoms with E-state index in [-0.39, 0.29) is 4.99 Å². The van der Waals surface area contributed by atoms with Crippen molar-refractivity contribution in [2.45, 2.75) is 11.8 Å². The van der Waals surface area contributed by atoms with Gasteiger partial charge in [0.1, 0.15) is 10.7 Å². The largest absolute Gasteiger partial charge is 0.438 e. The zero-order valence-corrected chi connectivity index (χ0v) is 12.3. The molecule has 1 aromatic heterocycles. The van der Waals surface area contributed by atoms with Gasteiger partial charge in [-0.05, 0) is 49.6 Å². The number of aromatic nitrogens is 1. The second-order valence-electron chi connectivity index (χ2n) is 3.95. The molecule has 1 heterocycles. The molecule has 0 aliphatic rings. The molecule has 2 N–H and O–H groups in total. The molecule has 0 aliphatic heterocycles. The van der Waals surface area contributed by atoms with E-state index >= 15 is 0 Å². The topological polar surface area (TPSA) is 48.1 Å². The van der Waals surface area contributed by atoms with E-state index in [0.29, 0.717) is 17.2 Å². The molecular weight excluding hydrogens is 276 g/mol. The predicted molar refractivity (Wildman–Crippen MR) is 83.2 cm³/mol. The highest BCUT2D eigenvalue weighted by molar-refractivity contribution is 7.98. The lowest BCUT2D eigenvalue weighted by atomic mass is 10.2. The van der Waals surface area contributed by atoms with E-state index in [0.717, 1.165) is 5.69 Å². The Hall–Kier alpha value is -1.59. The predicted octanol–water partition coefficient (Wildman–Crippen LogP) is 3.54. The number of nitrogens with two attached hydrogens (primary N) is 1. The third-order valence-corrected chi connectivity index (χ3v) is 3.50. The fourth-order valence-electron chi connectivity index (χ4n) is 1.55. The number of hydrogen-bond donors (Lipinski definition) is 1. The fraction of sp³-hybridized carbons (Fsp3) is 0.143. The lowest BCUT2D eigenvalue weighted by molar-refractivity contribution is 0.460. The smallest absolute Gasteiger partial charge is 0.229 e. The molecule has 98 valence electrons. The van der Waals surface area contributed by atoms with Gasteiger partial charge in [-0.2, -0.15) is 0 Å². The Labute approximate surface area is 122 Å². The monoisotopic (exact) mass is 290 g/mol. The molecule has 2 rings (SSSR count). The second kappa shape index (κ2) is 6.04. The molecule has 3 nitrogen and oxygen atoms in total. The molecular formula is C14H14N2OS2. The van der Waals surface area contributed by atoms with Crippen molar-refractivity contribution in [3.8, 4) is 11.6 Å². The summed E-state index contributed by atoms with van der Waals surface area (Å²) >= 11 is 6.69. The summed E-state index contributed by atoms with van der Waals surface area (Å²) in [6.07, 6.45) is 2.03. The minimum absolute atomic E-state index is 0.281. The van der Waals surface area contributed by atoms with Crippen molar-refractivity contribution in [2.24, 2.45) is 5.73 Å². The van der Waals surface area contributed by atoms with Crippen molar-refractivity contribution < 1.29 is 4.74 Å². The molecule has 0 fully saturated rings. The van der Waals surface area contributed by atoms with E-state index in [1.807, 2.05) is 49.6 Å². The number of benzene rings is 1. The summed E-state index contributed by atoms with van der Waals surface area (Å²) in [5, 5.41) is 0. The summed E-state index contributed by atoms with van der Waals surface area (Å²) in [6.45, 7) is 1.90. The number of thioether (sulfide) groups is 1. The van der Waals surface area contributed by atoms with Crippen molar-refractivity contribution in [2.75, 3.05) is 6.26 Å². The maximum Gasteiger partial charge on any atom is 0.229 e. The number of aryl methyl sites for hydroxylation is 1. The number of hydrogen-bond acceptors (Lipinski definition) is 4. The van der Waals surface area contributed by atoms with Crippen molar-refractivity contribution >= 4 is 29.0 Å². The number of pyridine rings is 1. The highest BCUT2D eigenvalue weighted by Gasteiger charge is 2.09. The maximum absolute atomic E-state index is 5.76. The second-order valence-corrected chi connectivity index (χ2v) is 5.27. The van der Waals surface area contributed by atoms with E-state index in [1.54, 1.807) is 11.8 Å². The molecule has 0 saturated carbocycles.